The van der Waals surface area contributed by atoms with Crippen molar-refractivity contribution in [1.82, 2.24) is 10.2 Å². The minimum atomic E-state index is -0.407. The molecule has 4 nitrogen and oxygen atoms in total. The minimum absolute atomic E-state index is 0.0429. The molecule has 1 fully saturated rings. The van der Waals surface area contributed by atoms with Crippen LogP contribution in [0.4, 0.5) is 0 Å². The highest BCUT2D eigenvalue weighted by Crippen LogP contribution is 2.33. The van der Waals surface area contributed by atoms with E-state index in [-0.39, 0.29) is 17.2 Å². The molecule has 1 N–H and O–H groups in total. The van der Waals surface area contributed by atoms with Gasteiger partial charge in [0, 0.05) is 16.7 Å². The van der Waals surface area contributed by atoms with Gasteiger partial charge in [-0.3, -0.25) is 9.59 Å². The molecule has 1 heterocycles. The van der Waals surface area contributed by atoms with Gasteiger partial charge < -0.3 is 10.2 Å². The summed E-state index contributed by atoms with van der Waals surface area (Å²) in [6.07, 6.45) is 6.07. The molecule has 3 rings (SSSR count). The van der Waals surface area contributed by atoms with Crippen molar-refractivity contribution in [2.24, 2.45) is 0 Å². The molecular formula is C26H33IN2O2S. The molecule has 0 radical (unpaired) electrons. The van der Waals surface area contributed by atoms with Gasteiger partial charge in [0.25, 0.3) is 0 Å². The van der Waals surface area contributed by atoms with E-state index in [0.29, 0.717) is 13.0 Å². The van der Waals surface area contributed by atoms with E-state index >= 15 is 0 Å². The summed E-state index contributed by atoms with van der Waals surface area (Å²) < 4.78 is 1.06. The van der Waals surface area contributed by atoms with Crippen LogP contribution >= 0.6 is 34.4 Å². The van der Waals surface area contributed by atoms with E-state index in [1.807, 2.05) is 25.1 Å². The monoisotopic (exact) mass is 564 g/mol. The number of benzene rings is 2. The number of amides is 2. The van der Waals surface area contributed by atoms with Crippen LogP contribution in [0.1, 0.15) is 55.7 Å². The van der Waals surface area contributed by atoms with E-state index in [1.54, 1.807) is 16.7 Å². The molecule has 0 saturated carbocycles. The zero-order valence-electron chi connectivity index (χ0n) is 18.8. The van der Waals surface area contributed by atoms with Crippen LogP contribution in [0.25, 0.3) is 0 Å². The van der Waals surface area contributed by atoms with Gasteiger partial charge in [-0.15, -0.1) is 11.8 Å². The minimum Gasteiger partial charge on any atom is -0.354 e. The molecule has 6 heteroatoms. The maximum absolute atomic E-state index is 12.6. The summed E-state index contributed by atoms with van der Waals surface area (Å²) in [4.78, 5) is 26.4. The van der Waals surface area contributed by atoms with Crippen LogP contribution in [0.3, 0.4) is 0 Å². The Balaban J connectivity index is 1.28. The molecule has 1 aliphatic heterocycles. The second kappa shape index (κ2) is 13.2. The van der Waals surface area contributed by atoms with Crippen molar-refractivity contribution in [1.29, 1.82) is 0 Å². The lowest BCUT2D eigenvalue weighted by Gasteiger charge is -2.43. The van der Waals surface area contributed by atoms with Gasteiger partial charge in [-0.1, -0.05) is 90.0 Å². The summed E-state index contributed by atoms with van der Waals surface area (Å²) in [7, 11) is 0. The first-order valence-corrected chi connectivity index (χ1v) is 14.0. The number of carbonyl (C=O) groups is 2. The number of halogens is 1. The molecule has 2 amide bonds. The standard InChI is InChI=1S/C26H33IN2O2S/c1-20(29-24(30)17-25(29)32-19-23-10-6-4-7-11-23)26(31)28-16-8-3-2-5-9-21-12-14-22(18-27)15-13-21/h4,6-7,10-15,20,25H,2-3,5,8-9,16-19H2,1H3,(H,28,31). The molecule has 0 aromatic heterocycles. The first-order valence-electron chi connectivity index (χ1n) is 11.5. The number of β-lactam (4-membered cyclic amide) rings is 1. The summed E-state index contributed by atoms with van der Waals surface area (Å²) in [5.41, 5.74) is 4.02. The van der Waals surface area contributed by atoms with E-state index in [4.69, 9.17) is 0 Å². The van der Waals surface area contributed by atoms with Crippen molar-refractivity contribution >= 4 is 46.2 Å². The molecule has 32 heavy (non-hydrogen) atoms. The van der Waals surface area contributed by atoms with Gasteiger partial charge >= 0.3 is 0 Å². The Morgan fingerprint density at radius 1 is 1.03 bits per heavy atom. The second-order valence-electron chi connectivity index (χ2n) is 8.34. The number of hydrogen-bond donors (Lipinski definition) is 1. The first kappa shape index (κ1) is 25.1. The molecule has 172 valence electrons. The maximum atomic E-state index is 12.6. The van der Waals surface area contributed by atoms with Gasteiger partial charge in [-0.05, 0) is 42.9 Å². The van der Waals surface area contributed by atoms with Crippen LogP contribution in [0.15, 0.2) is 54.6 Å². The van der Waals surface area contributed by atoms with Crippen LogP contribution in [0.2, 0.25) is 0 Å². The zero-order chi connectivity index (χ0) is 22.8. The number of nitrogens with zero attached hydrogens (tertiary/aromatic N) is 1. The number of unbranched alkanes of at least 4 members (excludes halogenated alkanes) is 3. The van der Waals surface area contributed by atoms with Crippen LogP contribution in [-0.2, 0) is 26.2 Å². The summed E-state index contributed by atoms with van der Waals surface area (Å²) in [5.74, 6) is 0.884. The lowest BCUT2D eigenvalue weighted by atomic mass is 10.0. The number of carbonyl (C=O) groups excluding carboxylic acids is 2. The summed E-state index contributed by atoms with van der Waals surface area (Å²) in [6, 6.07) is 18.7. The summed E-state index contributed by atoms with van der Waals surface area (Å²) >= 11 is 4.12. The lowest BCUT2D eigenvalue weighted by molar-refractivity contribution is -0.149. The van der Waals surface area contributed by atoms with Gasteiger partial charge in [0.1, 0.15) is 6.04 Å². The first-order chi connectivity index (χ1) is 15.6. The van der Waals surface area contributed by atoms with Crippen molar-refractivity contribution in [3.8, 4) is 0 Å². The number of thioether (sulfide) groups is 1. The largest absolute Gasteiger partial charge is 0.354 e. The fraction of sp³-hybridized carbons (Fsp3) is 0.462. The number of rotatable bonds is 13. The van der Waals surface area contributed by atoms with Gasteiger partial charge in [0.05, 0.1) is 11.8 Å². The normalized spacial score (nSPS) is 16.5. The van der Waals surface area contributed by atoms with Crippen molar-refractivity contribution in [2.75, 3.05) is 6.54 Å². The Hall–Kier alpha value is -1.54. The van der Waals surface area contributed by atoms with E-state index in [0.717, 1.165) is 29.4 Å². The molecular weight excluding hydrogens is 531 g/mol. The third kappa shape index (κ3) is 7.51. The van der Waals surface area contributed by atoms with Crippen molar-refractivity contribution in [3.63, 3.8) is 0 Å². The Morgan fingerprint density at radius 2 is 1.72 bits per heavy atom. The quantitative estimate of drug-likeness (QED) is 0.147. The molecule has 2 aromatic carbocycles. The maximum Gasteiger partial charge on any atom is 0.242 e. The zero-order valence-corrected chi connectivity index (χ0v) is 21.7. The fourth-order valence-corrected chi connectivity index (χ4v) is 5.67. The van der Waals surface area contributed by atoms with Crippen LogP contribution in [0, 0.1) is 0 Å². The van der Waals surface area contributed by atoms with Crippen LogP contribution in [0.5, 0.6) is 0 Å². The summed E-state index contributed by atoms with van der Waals surface area (Å²) in [5, 5.41) is 3.12. The Morgan fingerprint density at radius 3 is 2.41 bits per heavy atom. The molecule has 0 aliphatic carbocycles. The fourth-order valence-electron chi connectivity index (χ4n) is 3.86. The Kier molecular flexibility index (Phi) is 10.4. The summed E-state index contributed by atoms with van der Waals surface area (Å²) in [6.45, 7) is 2.52. The highest BCUT2D eigenvalue weighted by atomic mass is 127. The van der Waals surface area contributed by atoms with E-state index < -0.39 is 6.04 Å². The highest BCUT2D eigenvalue weighted by molar-refractivity contribution is 14.1. The lowest BCUT2D eigenvalue weighted by Crippen LogP contribution is -2.59. The Labute approximate surface area is 210 Å². The van der Waals surface area contributed by atoms with Gasteiger partial charge in [0.2, 0.25) is 11.8 Å². The predicted octanol–water partition coefficient (Wildman–Crippen LogP) is 5.72. The highest BCUT2D eigenvalue weighted by Gasteiger charge is 2.41. The van der Waals surface area contributed by atoms with Crippen LogP contribution < -0.4 is 5.32 Å². The molecule has 0 bridgehead atoms. The van der Waals surface area contributed by atoms with Crippen LogP contribution in [-0.4, -0.2) is 34.7 Å². The molecule has 2 aromatic rings. The molecule has 0 spiro atoms. The van der Waals surface area contributed by atoms with E-state index in [9.17, 15) is 9.59 Å². The SMILES string of the molecule is CC(C(=O)NCCCCCCc1ccc(CI)cc1)N1C(=O)CC1SCc1ccccc1. The predicted molar refractivity (Wildman–Crippen MR) is 142 cm³/mol. The van der Waals surface area contributed by atoms with Gasteiger partial charge in [-0.25, -0.2) is 0 Å². The third-order valence-electron chi connectivity index (χ3n) is 5.90. The van der Waals surface area contributed by atoms with Crippen molar-refractivity contribution in [3.05, 3.63) is 71.3 Å². The molecule has 1 aliphatic rings. The molecule has 1 saturated heterocycles. The average molecular weight is 565 g/mol. The van der Waals surface area contributed by atoms with E-state index in [1.165, 1.54) is 29.5 Å². The van der Waals surface area contributed by atoms with Gasteiger partial charge in [-0.2, -0.15) is 0 Å². The number of aryl methyl sites for hydroxylation is 1. The smallest absolute Gasteiger partial charge is 0.242 e. The number of hydrogen-bond acceptors (Lipinski definition) is 3. The molecule has 2 atom stereocenters. The van der Waals surface area contributed by atoms with E-state index in [2.05, 4.69) is 64.3 Å². The van der Waals surface area contributed by atoms with Crippen molar-refractivity contribution in [2.45, 2.75) is 67.0 Å². The average Bonchev–Trinajstić information content (AvgIpc) is 2.81. The number of nitrogens with one attached hydrogen (secondary N) is 1. The topological polar surface area (TPSA) is 49.4 Å². The molecule has 2 unspecified atom stereocenters. The van der Waals surface area contributed by atoms with Crippen molar-refractivity contribution < 1.29 is 9.59 Å². The number of alkyl halides is 1. The van der Waals surface area contributed by atoms with Gasteiger partial charge in [0.15, 0.2) is 0 Å². The Bertz CT molecular complexity index is 860. The second-order valence-corrected chi connectivity index (χ2v) is 10.3. The third-order valence-corrected chi connectivity index (χ3v) is 8.06. The number of likely N-dealkylation sites (tertiary alicyclic amines) is 1.